The zero-order valence-corrected chi connectivity index (χ0v) is 34.1. The van der Waals surface area contributed by atoms with Gasteiger partial charge in [0.05, 0.1) is 47.8 Å². The Morgan fingerprint density at radius 1 is 1.11 bits per heavy atom. The van der Waals surface area contributed by atoms with Crippen LogP contribution in [0.3, 0.4) is 0 Å². The molecular formula is C41H51ClN4O11. The standard InChI is InChI=1S/C41H51ClN4O11/c1-23-9-8-10-33(53-7)41(50)21-32(55-36(48)22-41)26(4)38-40(5,57-38)34(20-35(47)44(6)31-18-27(15-23)16-25(3)37(31)42)56-39(49)43-28-19-29(45-11-13-54-14-12-45)30(46(51)52)17-24(28)2/h8-10,16-19,26,32-34,38,50H,11-15,20-22H2,1-7H3,(H,43,49)/b10-8+,23-9+/t26-,32+,33-,34+,38+,40+,41-/m1/s1. The van der Waals surface area contributed by atoms with Gasteiger partial charge in [0.15, 0.2) is 0 Å². The summed E-state index contributed by atoms with van der Waals surface area (Å²) in [4.78, 5) is 55.9. The minimum atomic E-state index is -1.59. The Bertz CT molecular complexity index is 1980. The van der Waals surface area contributed by atoms with Gasteiger partial charge >= 0.3 is 12.1 Å². The van der Waals surface area contributed by atoms with Crippen molar-refractivity contribution in [2.75, 3.05) is 55.6 Å². The molecule has 2 aromatic rings. The van der Waals surface area contributed by atoms with Gasteiger partial charge in [0.1, 0.15) is 35.2 Å². The molecule has 7 atom stereocenters. The number of esters is 1. The Labute approximate surface area is 337 Å². The van der Waals surface area contributed by atoms with E-state index in [2.05, 4.69) is 5.32 Å². The van der Waals surface area contributed by atoms with E-state index in [4.69, 9.17) is 35.3 Å². The maximum Gasteiger partial charge on any atom is 0.412 e. The molecule has 4 bridgehead atoms. The van der Waals surface area contributed by atoms with Crippen LogP contribution in [0.15, 0.2) is 48.1 Å². The number of amides is 2. The zero-order valence-electron chi connectivity index (χ0n) is 33.3. The molecule has 15 nitrogen and oxygen atoms in total. The van der Waals surface area contributed by atoms with Crippen molar-refractivity contribution < 1.29 is 48.1 Å². The Balaban J connectivity index is 1.35. The fourth-order valence-electron chi connectivity index (χ4n) is 8.18. The third-order valence-corrected chi connectivity index (χ3v) is 12.1. The van der Waals surface area contributed by atoms with E-state index in [9.17, 15) is 29.6 Å². The van der Waals surface area contributed by atoms with Gasteiger partial charge in [-0.15, -0.1) is 0 Å². The van der Waals surface area contributed by atoms with E-state index >= 15 is 0 Å². The van der Waals surface area contributed by atoms with Crippen molar-refractivity contribution in [2.24, 2.45) is 5.92 Å². The second kappa shape index (κ2) is 16.7. The summed E-state index contributed by atoms with van der Waals surface area (Å²) < 4.78 is 29.3. The molecule has 308 valence electrons. The summed E-state index contributed by atoms with van der Waals surface area (Å²) >= 11 is 6.80. The Morgan fingerprint density at radius 3 is 2.51 bits per heavy atom. The van der Waals surface area contributed by atoms with Gasteiger partial charge in [-0.3, -0.25) is 25.0 Å². The van der Waals surface area contributed by atoms with Crippen LogP contribution in [0.25, 0.3) is 0 Å². The number of benzene rings is 2. The Morgan fingerprint density at radius 2 is 1.82 bits per heavy atom. The second-order valence-corrected chi connectivity index (χ2v) is 16.1. The van der Waals surface area contributed by atoms with Crippen LogP contribution in [0.4, 0.5) is 27.5 Å². The number of morpholine rings is 1. The highest BCUT2D eigenvalue weighted by atomic mass is 35.5. The number of aliphatic hydroxyl groups is 1. The highest BCUT2D eigenvalue weighted by Gasteiger charge is 2.64. The lowest BCUT2D eigenvalue weighted by Crippen LogP contribution is -2.53. The molecular weight excluding hydrogens is 760 g/mol. The minimum Gasteiger partial charge on any atom is -0.462 e. The van der Waals surface area contributed by atoms with Crippen molar-refractivity contribution in [3.63, 3.8) is 0 Å². The monoisotopic (exact) mass is 810 g/mol. The normalized spacial score (nSPS) is 31.0. The third kappa shape index (κ3) is 8.97. The van der Waals surface area contributed by atoms with Crippen LogP contribution in [0, 0.1) is 29.9 Å². The molecule has 16 heteroatoms. The third-order valence-electron chi connectivity index (χ3n) is 11.6. The SMILES string of the molecule is CO[C@@H]1/C=C/C=C(\C)Cc2cc(C)c(Cl)c(c2)N(C)C(=O)C[C@H](OC(=O)Nc2cc(N3CCOCC3)c([N+](=O)[O-])cc2C)[C@]2(C)O[C@H]2[C@H](C)[C@@H]2C[C@@]1(O)CC(=O)O2. The molecule has 0 unspecified atom stereocenters. The van der Waals surface area contributed by atoms with Gasteiger partial charge < -0.3 is 38.6 Å². The molecule has 0 aromatic heterocycles. The van der Waals surface area contributed by atoms with Gasteiger partial charge in [0.25, 0.3) is 5.69 Å². The number of methoxy groups -OCH3 is 1. The second-order valence-electron chi connectivity index (χ2n) is 15.8. The number of nitro benzene ring substituents is 1. The number of allylic oxidation sites excluding steroid dienone is 3. The summed E-state index contributed by atoms with van der Waals surface area (Å²) in [5.41, 5.74) is 1.25. The van der Waals surface area contributed by atoms with Crippen molar-refractivity contribution in [2.45, 2.75) is 95.9 Å². The number of nitrogens with one attached hydrogen (secondary N) is 1. The summed E-state index contributed by atoms with van der Waals surface area (Å²) in [5.74, 6) is -1.52. The first kappa shape index (κ1) is 42.1. The number of epoxide rings is 1. The topological polar surface area (TPSA) is 183 Å². The van der Waals surface area contributed by atoms with Crippen LogP contribution in [0.1, 0.15) is 56.7 Å². The van der Waals surface area contributed by atoms with E-state index < -0.39 is 64.4 Å². The molecule has 4 aliphatic heterocycles. The number of nitro groups is 1. The predicted molar refractivity (Wildman–Crippen MR) is 213 cm³/mol. The number of rotatable bonds is 5. The summed E-state index contributed by atoms with van der Waals surface area (Å²) in [6.07, 6.45) is 1.03. The highest BCUT2D eigenvalue weighted by molar-refractivity contribution is 6.34. The Hall–Kier alpha value is -4.54. The van der Waals surface area contributed by atoms with Crippen LogP contribution in [0.5, 0.6) is 0 Å². The van der Waals surface area contributed by atoms with E-state index in [1.54, 1.807) is 39.1 Å². The van der Waals surface area contributed by atoms with E-state index in [0.717, 1.165) is 16.7 Å². The summed E-state index contributed by atoms with van der Waals surface area (Å²) in [6.45, 7) is 10.6. The van der Waals surface area contributed by atoms with E-state index in [1.807, 2.05) is 43.9 Å². The highest BCUT2D eigenvalue weighted by Crippen LogP contribution is 2.50. The number of fused-ring (bicyclic) bond motifs is 5. The number of nitrogens with zero attached hydrogens (tertiary/aromatic N) is 3. The van der Waals surface area contributed by atoms with Crippen LogP contribution in [0.2, 0.25) is 5.02 Å². The lowest BCUT2D eigenvalue weighted by Gasteiger charge is -2.41. The van der Waals surface area contributed by atoms with Gasteiger partial charge in [-0.2, -0.15) is 0 Å². The maximum atomic E-state index is 14.2. The molecule has 4 aliphatic rings. The van der Waals surface area contributed by atoms with Gasteiger partial charge in [-0.05, 0) is 62.9 Å². The summed E-state index contributed by atoms with van der Waals surface area (Å²) in [7, 11) is 3.08. The van der Waals surface area contributed by atoms with E-state index in [0.29, 0.717) is 54.7 Å². The summed E-state index contributed by atoms with van der Waals surface area (Å²) in [6, 6.07) is 6.74. The number of hydrogen-bond donors (Lipinski definition) is 2. The quantitative estimate of drug-likeness (QED) is 0.156. The van der Waals surface area contributed by atoms with Gasteiger partial charge in [-0.1, -0.05) is 48.4 Å². The van der Waals surface area contributed by atoms with Crippen LogP contribution >= 0.6 is 11.6 Å². The van der Waals surface area contributed by atoms with Crippen LogP contribution < -0.4 is 15.1 Å². The van der Waals surface area contributed by atoms with Gasteiger partial charge in [0, 0.05) is 51.3 Å². The largest absolute Gasteiger partial charge is 0.462 e. The first-order chi connectivity index (χ1) is 26.9. The Kier molecular flexibility index (Phi) is 12.4. The number of ether oxygens (including phenoxy) is 5. The van der Waals surface area contributed by atoms with Crippen LogP contribution in [-0.4, -0.2) is 104 Å². The molecule has 2 N–H and O–H groups in total. The molecule has 2 amide bonds. The lowest BCUT2D eigenvalue weighted by atomic mass is 9.78. The molecule has 0 saturated carbocycles. The number of carbonyl (C=O) groups is 3. The van der Waals surface area contributed by atoms with Crippen LogP contribution in [-0.2, 0) is 39.7 Å². The average Bonchev–Trinajstić information content (AvgIpc) is 3.86. The first-order valence-corrected chi connectivity index (χ1v) is 19.4. The molecule has 0 radical (unpaired) electrons. The predicted octanol–water partition coefficient (Wildman–Crippen LogP) is 5.98. The molecule has 6 rings (SSSR count). The van der Waals surface area contributed by atoms with Crippen molar-refractivity contribution in [3.05, 3.63) is 79.9 Å². The average molecular weight is 811 g/mol. The molecule has 3 saturated heterocycles. The van der Waals surface area contributed by atoms with Crippen molar-refractivity contribution in [3.8, 4) is 0 Å². The minimum absolute atomic E-state index is 0.0452. The fraction of sp³-hybridized carbons (Fsp3) is 0.537. The van der Waals surface area contributed by atoms with Crippen molar-refractivity contribution in [1.29, 1.82) is 0 Å². The molecule has 0 spiro atoms. The summed E-state index contributed by atoms with van der Waals surface area (Å²) in [5, 5.41) is 27.0. The van der Waals surface area contributed by atoms with Crippen molar-refractivity contribution in [1.82, 2.24) is 0 Å². The van der Waals surface area contributed by atoms with E-state index in [-0.39, 0.29) is 30.6 Å². The molecule has 0 aliphatic carbocycles. The number of hydrogen-bond acceptors (Lipinski definition) is 12. The molecule has 57 heavy (non-hydrogen) atoms. The number of carbonyl (C=O) groups excluding carboxylic acids is 3. The maximum absolute atomic E-state index is 14.2. The number of halogens is 1. The number of aryl methyl sites for hydroxylation is 2. The smallest absolute Gasteiger partial charge is 0.412 e. The van der Waals surface area contributed by atoms with Gasteiger partial charge in [0.2, 0.25) is 5.91 Å². The van der Waals surface area contributed by atoms with Gasteiger partial charge in [-0.25, -0.2) is 4.79 Å². The first-order valence-electron chi connectivity index (χ1n) is 19.1. The van der Waals surface area contributed by atoms with E-state index in [1.165, 1.54) is 18.1 Å². The number of anilines is 3. The molecule has 2 aromatic carbocycles. The van der Waals surface area contributed by atoms with Crippen molar-refractivity contribution >= 4 is 52.3 Å². The molecule has 3 fully saturated rings. The zero-order chi connectivity index (χ0) is 41.4. The fourth-order valence-corrected chi connectivity index (χ4v) is 8.42. The molecule has 4 heterocycles. The lowest BCUT2D eigenvalue weighted by molar-refractivity contribution is -0.384.